The molecule has 0 saturated carbocycles. The molecule has 0 aliphatic heterocycles. The molecule has 0 saturated heterocycles. The number of rotatable bonds is 5. The number of amides is 1. The lowest BCUT2D eigenvalue weighted by Gasteiger charge is -2.06. The van der Waals surface area contributed by atoms with Gasteiger partial charge in [-0.05, 0) is 30.3 Å². The number of benzene rings is 2. The first-order valence-corrected chi connectivity index (χ1v) is 8.37. The van der Waals surface area contributed by atoms with Gasteiger partial charge in [0.25, 0.3) is 5.91 Å². The summed E-state index contributed by atoms with van der Waals surface area (Å²) in [7, 11) is 0. The van der Waals surface area contributed by atoms with Crippen molar-refractivity contribution in [2.24, 2.45) is 0 Å². The van der Waals surface area contributed by atoms with Gasteiger partial charge in [-0.1, -0.05) is 46.3 Å². The molecule has 2 aromatic carbocycles. The number of nitrogens with one attached hydrogen (secondary N) is 2. The summed E-state index contributed by atoms with van der Waals surface area (Å²) in [6.45, 7) is 0. The zero-order valence-electron chi connectivity index (χ0n) is 13.2. The van der Waals surface area contributed by atoms with Crippen molar-refractivity contribution in [2.45, 2.75) is 0 Å². The number of hydrogen-bond acceptors (Lipinski definition) is 4. The van der Waals surface area contributed by atoms with Crippen molar-refractivity contribution in [1.82, 2.24) is 15.4 Å². The van der Waals surface area contributed by atoms with Gasteiger partial charge in [0, 0.05) is 34.1 Å². The third kappa shape index (κ3) is 4.99. The maximum atomic E-state index is 11.8. The average molecular weight is 395 g/mol. The van der Waals surface area contributed by atoms with Gasteiger partial charge in [0.15, 0.2) is 5.82 Å². The summed E-state index contributed by atoms with van der Waals surface area (Å²) in [5.74, 6) is 0.383. The number of anilines is 1. The van der Waals surface area contributed by atoms with Crippen LogP contribution in [0.4, 0.5) is 5.69 Å². The molecule has 0 bridgehead atoms. The van der Waals surface area contributed by atoms with Crippen molar-refractivity contribution in [3.63, 3.8) is 0 Å². The maximum absolute atomic E-state index is 11.8. The van der Waals surface area contributed by atoms with Crippen LogP contribution in [0.25, 0.3) is 17.5 Å². The van der Waals surface area contributed by atoms with Crippen molar-refractivity contribution < 1.29 is 4.79 Å². The Morgan fingerprint density at radius 1 is 0.960 bits per heavy atom. The third-order valence-corrected chi connectivity index (χ3v) is 3.83. The Kier molecular flexibility index (Phi) is 5.53. The molecule has 124 valence electrons. The number of carbonyl (C=O) groups excluding carboxylic acids is 1. The zero-order valence-corrected chi connectivity index (χ0v) is 14.8. The van der Waals surface area contributed by atoms with Crippen LogP contribution >= 0.6 is 15.9 Å². The molecule has 0 spiro atoms. The Morgan fingerprint density at radius 2 is 1.64 bits per heavy atom. The molecule has 0 radical (unpaired) electrons. The molecule has 2 N–H and O–H groups in total. The minimum absolute atomic E-state index is 0.268. The van der Waals surface area contributed by atoms with E-state index in [0.29, 0.717) is 5.82 Å². The highest BCUT2D eigenvalue weighted by atomic mass is 79.9. The van der Waals surface area contributed by atoms with E-state index in [0.717, 1.165) is 21.3 Å². The Balaban J connectivity index is 1.56. The highest BCUT2D eigenvalue weighted by Gasteiger charge is 2.00. The molecule has 0 aliphatic rings. The normalized spacial score (nSPS) is 10.6. The third-order valence-electron chi connectivity index (χ3n) is 3.31. The minimum atomic E-state index is -0.268. The molecule has 0 fully saturated rings. The molecule has 0 unspecified atom stereocenters. The summed E-state index contributed by atoms with van der Waals surface area (Å²) in [4.78, 5) is 20.5. The number of nitrogens with zero attached hydrogens (tertiary/aromatic N) is 2. The van der Waals surface area contributed by atoms with Gasteiger partial charge in [-0.2, -0.15) is 0 Å². The first-order valence-electron chi connectivity index (χ1n) is 7.58. The van der Waals surface area contributed by atoms with Crippen molar-refractivity contribution in [3.8, 4) is 11.4 Å². The van der Waals surface area contributed by atoms with E-state index in [-0.39, 0.29) is 5.91 Å². The lowest BCUT2D eigenvalue weighted by molar-refractivity contribution is -0.115. The Labute approximate surface area is 153 Å². The zero-order chi connectivity index (χ0) is 17.5. The summed E-state index contributed by atoms with van der Waals surface area (Å²) in [6, 6.07) is 17.2. The predicted molar refractivity (Wildman–Crippen MR) is 102 cm³/mol. The van der Waals surface area contributed by atoms with Crippen LogP contribution in [0.5, 0.6) is 0 Å². The van der Waals surface area contributed by atoms with E-state index in [1.165, 1.54) is 6.08 Å². The van der Waals surface area contributed by atoms with E-state index < -0.39 is 0 Å². The van der Waals surface area contributed by atoms with E-state index in [1.54, 1.807) is 18.5 Å². The molecule has 25 heavy (non-hydrogen) atoms. The summed E-state index contributed by atoms with van der Waals surface area (Å²) in [5, 5.41) is 0. The number of carbonyl (C=O) groups is 1. The number of hydrogen-bond donors (Lipinski definition) is 2. The summed E-state index contributed by atoms with van der Waals surface area (Å²) in [5.41, 5.74) is 7.92. The van der Waals surface area contributed by atoms with Crippen LogP contribution in [0.3, 0.4) is 0 Å². The maximum Gasteiger partial charge on any atom is 0.262 e. The quantitative estimate of drug-likeness (QED) is 0.505. The molecular weight excluding hydrogens is 380 g/mol. The SMILES string of the molecule is O=C(/C=C/c1cnc(-c2ccccc2)nc1)NNc1ccc(Br)cc1. The van der Waals surface area contributed by atoms with Gasteiger partial charge in [0.2, 0.25) is 0 Å². The Hall–Kier alpha value is -2.99. The van der Waals surface area contributed by atoms with Gasteiger partial charge < -0.3 is 0 Å². The molecule has 5 nitrogen and oxygen atoms in total. The lowest BCUT2D eigenvalue weighted by Crippen LogP contribution is -2.27. The average Bonchev–Trinajstić information content (AvgIpc) is 2.67. The molecule has 1 amide bonds. The number of hydrazine groups is 1. The lowest BCUT2D eigenvalue weighted by atomic mass is 10.2. The van der Waals surface area contributed by atoms with Crippen molar-refractivity contribution in [1.29, 1.82) is 0 Å². The van der Waals surface area contributed by atoms with Crippen LogP contribution in [0.2, 0.25) is 0 Å². The fourth-order valence-electron chi connectivity index (χ4n) is 2.04. The van der Waals surface area contributed by atoms with E-state index >= 15 is 0 Å². The molecular formula is C19H15BrN4O. The van der Waals surface area contributed by atoms with Gasteiger partial charge in [0.1, 0.15) is 0 Å². The minimum Gasteiger partial charge on any atom is -0.298 e. The molecule has 3 aromatic rings. The Bertz CT molecular complexity index is 862. The second kappa shape index (κ2) is 8.21. The van der Waals surface area contributed by atoms with E-state index in [4.69, 9.17) is 0 Å². The van der Waals surface area contributed by atoms with Crippen LogP contribution in [0.15, 0.2) is 77.5 Å². The van der Waals surface area contributed by atoms with Crippen molar-refractivity contribution >= 4 is 33.6 Å². The molecule has 1 heterocycles. The van der Waals surface area contributed by atoms with Crippen LogP contribution in [0.1, 0.15) is 5.56 Å². The summed E-state index contributed by atoms with van der Waals surface area (Å²) >= 11 is 3.36. The molecule has 0 aliphatic carbocycles. The number of aromatic nitrogens is 2. The van der Waals surface area contributed by atoms with E-state index in [9.17, 15) is 4.79 Å². The monoisotopic (exact) mass is 394 g/mol. The largest absolute Gasteiger partial charge is 0.298 e. The van der Waals surface area contributed by atoms with E-state index in [1.807, 2.05) is 54.6 Å². The summed E-state index contributed by atoms with van der Waals surface area (Å²) < 4.78 is 0.975. The van der Waals surface area contributed by atoms with Gasteiger partial charge in [0.05, 0.1) is 5.69 Å². The first-order chi connectivity index (χ1) is 12.2. The van der Waals surface area contributed by atoms with Crippen LogP contribution < -0.4 is 10.9 Å². The number of halogens is 1. The van der Waals surface area contributed by atoms with E-state index in [2.05, 4.69) is 36.7 Å². The highest BCUT2D eigenvalue weighted by Crippen LogP contribution is 2.14. The fourth-order valence-corrected chi connectivity index (χ4v) is 2.31. The van der Waals surface area contributed by atoms with Crippen molar-refractivity contribution in [2.75, 3.05) is 5.43 Å². The summed E-state index contributed by atoms with van der Waals surface area (Å²) in [6.07, 6.45) is 6.45. The Morgan fingerprint density at radius 3 is 2.32 bits per heavy atom. The highest BCUT2D eigenvalue weighted by molar-refractivity contribution is 9.10. The van der Waals surface area contributed by atoms with Crippen LogP contribution in [-0.2, 0) is 4.79 Å². The molecule has 1 aromatic heterocycles. The van der Waals surface area contributed by atoms with Crippen LogP contribution in [-0.4, -0.2) is 15.9 Å². The van der Waals surface area contributed by atoms with Gasteiger partial charge in [-0.25, -0.2) is 9.97 Å². The van der Waals surface area contributed by atoms with Crippen molar-refractivity contribution in [3.05, 3.63) is 83.1 Å². The fraction of sp³-hybridized carbons (Fsp3) is 0. The van der Waals surface area contributed by atoms with Gasteiger partial charge in [-0.15, -0.1) is 0 Å². The topological polar surface area (TPSA) is 66.9 Å². The standard InChI is InChI=1S/C19H15BrN4O/c20-16-7-9-17(10-8-16)23-24-18(25)11-6-14-12-21-19(22-13-14)15-4-2-1-3-5-15/h1-13,23H,(H,24,25)/b11-6+. The molecule has 0 atom stereocenters. The first kappa shape index (κ1) is 16.9. The van der Waals surface area contributed by atoms with Gasteiger partial charge in [-0.3, -0.25) is 15.6 Å². The smallest absolute Gasteiger partial charge is 0.262 e. The second-order valence-corrected chi connectivity index (χ2v) is 6.08. The van der Waals surface area contributed by atoms with Gasteiger partial charge >= 0.3 is 0 Å². The molecule has 3 rings (SSSR count). The van der Waals surface area contributed by atoms with Crippen LogP contribution in [0, 0.1) is 0 Å². The predicted octanol–water partition coefficient (Wildman–Crippen LogP) is 4.06. The second-order valence-electron chi connectivity index (χ2n) is 5.16. The molecule has 6 heteroatoms.